The number of hydrogen-bond donors (Lipinski definition) is 2. The Bertz CT molecular complexity index is 814. The number of phosphoric ester groups is 1. The maximum absolute atomic E-state index is 10.6. The lowest BCUT2D eigenvalue weighted by molar-refractivity contribution is 0.193. The van der Waals surface area contributed by atoms with Gasteiger partial charge in [0.05, 0.1) is 6.61 Å². The first-order chi connectivity index (χ1) is 11.6. The van der Waals surface area contributed by atoms with Crippen molar-refractivity contribution in [3.63, 3.8) is 0 Å². The first kappa shape index (κ1) is 17.2. The molecule has 0 aliphatic rings. The molecular weight excluding hydrogens is 325 g/mol. The van der Waals surface area contributed by atoms with Crippen molar-refractivity contribution in [2.75, 3.05) is 6.61 Å². The molecule has 6 heteroatoms. The number of unbranched alkanes of at least 4 members (excludes halogenated alkanes) is 3. The van der Waals surface area contributed by atoms with E-state index in [1.807, 2.05) is 0 Å². The molecule has 0 radical (unpaired) electrons. The van der Waals surface area contributed by atoms with Crippen molar-refractivity contribution in [2.45, 2.75) is 32.2 Å². The predicted molar refractivity (Wildman–Crippen MR) is 95.9 cm³/mol. The number of phosphoric acid groups is 1. The number of para-hydroxylation sites is 2. The van der Waals surface area contributed by atoms with E-state index in [0.717, 1.165) is 25.8 Å². The van der Waals surface area contributed by atoms with Crippen LogP contribution in [0, 0.1) is 0 Å². The second-order valence-electron chi connectivity index (χ2n) is 5.92. The third kappa shape index (κ3) is 4.05. The van der Waals surface area contributed by atoms with E-state index >= 15 is 0 Å². The molecule has 0 spiro atoms. The van der Waals surface area contributed by atoms with E-state index < -0.39 is 7.82 Å². The maximum Gasteiger partial charge on any atom is 0.469 e. The van der Waals surface area contributed by atoms with Crippen LogP contribution >= 0.6 is 7.82 Å². The minimum atomic E-state index is -4.32. The van der Waals surface area contributed by atoms with Crippen LogP contribution in [-0.2, 0) is 15.6 Å². The Morgan fingerprint density at radius 1 is 0.833 bits per heavy atom. The molecule has 0 fully saturated rings. The summed E-state index contributed by atoms with van der Waals surface area (Å²) in [5.41, 5.74) is 2.51. The van der Waals surface area contributed by atoms with Crippen LogP contribution in [0.3, 0.4) is 0 Å². The molecule has 24 heavy (non-hydrogen) atoms. The van der Waals surface area contributed by atoms with E-state index in [1.54, 1.807) is 0 Å². The van der Waals surface area contributed by atoms with Crippen LogP contribution in [-0.4, -0.2) is 21.0 Å². The summed E-state index contributed by atoms with van der Waals surface area (Å²) in [6.07, 6.45) is 3.60. The highest BCUT2D eigenvalue weighted by Gasteiger charge is 2.12. The largest absolute Gasteiger partial charge is 0.469 e. The van der Waals surface area contributed by atoms with E-state index in [4.69, 9.17) is 9.79 Å². The van der Waals surface area contributed by atoms with E-state index in [1.165, 1.54) is 21.8 Å². The molecule has 3 aromatic rings. The monoisotopic (exact) mass is 347 g/mol. The van der Waals surface area contributed by atoms with Crippen molar-refractivity contribution >= 4 is 29.6 Å². The molecule has 5 nitrogen and oxygen atoms in total. The fourth-order valence-corrected chi connectivity index (χ4v) is 3.52. The molecule has 1 aromatic heterocycles. The van der Waals surface area contributed by atoms with E-state index in [-0.39, 0.29) is 6.61 Å². The van der Waals surface area contributed by atoms with Gasteiger partial charge in [0.25, 0.3) is 0 Å². The molecule has 0 atom stereocenters. The minimum Gasteiger partial charge on any atom is -0.340 e. The highest BCUT2D eigenvalue weighted by atomic mass is 31.2. The average molecular weight is 347 g/mol. The second kappa shape index (κ2) is 7.49. The number of aryl methyl sites for hydroxylation is 1. The van der Waals surface area contributed by atoms with Gasteiger partial charge in [-0.2, -0.15) is 0 Å². The number of fused-ring (bicyclic) bond motifs is 3. The van der Waals surface area contributed by atoms with Crippen LogP contribution in [0.5, 0.6) is 0 Å². The lowest BCUT2D eigenvalue weighted by atomic mass is 10.2. The molecule has 3 rings (SSSR count). The van der Waals surface area contributed by atoms with E-state index in [0.29, 0.717) is 6.42 Å². The van der Waals surface area contributed by atoms with Crippen LogP contribution in [0.4, 0.5) is 0 Å². The van der Waals surface area contributed by atoms with Gasteiger partial charge in [-0.15, -0.1) is 0 Å². The Kier molecular flexibility index (Phi) is 5.36. The van der Waals surface area contributed by atoms with Gasteiger partial charge >= 0.3 is 7.82 Å². The first-order valence-electron chi connectivity index (χ1n) is 8.22. The summed E-state index contributed by atoms with van der Waals surface area (Å²) in [5.74, 6) is 0. The van der Waals surface area contributed by atoms with Gasteiger partial charge in [0.15, 0.2) is 0 Å². The number of rotatable bonds is 8. The van der Waals surface area contributed by atoms with Crippen molar-refractivity contribution in [2.24, 2.45) is 0 Å². The van der Waals surface area contributed by atoms with Crippen molar-refractivity contribution in [1.82, 2.24) is 4.57 Å². The topological polar surface area (TPSA) is 71.7 Å². The van der Waals surface area contributed by atoms with Gasteiger partial charge in [0.2, 0.25) is 0 Å². The van der Waals surface area contributed by atoms with Gasteiger partial charge in [-0.1, -0.05) is 49.2 Å². The third-order valence-electron chi connectivity index (χ3n) is 4.22. The zero-order valence-electron chi connectivity index (χ0n) is 13.5. The summed E-state index contributed by atoms with van der Waals surface area (Å²) in [7, 11) is -4.32. The molecule has 2 aromatic carbocycles. The normalized spacial score (nSPS) is 12.2. The lowest BCUT2D eigenvalue weighted by Gasteiger charge is -2.08. The first-order valence-corrected chi connectivity index (χ1v) is 9.75. The SMILES string of the molecule is O=P(O)(O)OCCCCCCn1c2ccccc2c2ccccc21. The van der Waals surface area contributed by atoms with E-state index in [2.05, 4.69) is 57.6 Å². The summed E-state index contributed by atoms with van der Waals surface area (Å²) in [6.45, 7) is 1.05. The lowest BCUT2D eigenvalue weighted by Crippen LogP contribution is -1.98. The Labute approximate surface area is 141 Å². The molecule has 0 saturated carbocycles. The zero-order chi connectivity index (χ0) is 17.0. The van der Waals surface area contributed by atoms with Crippen LogP contribution in [0.25, 0.3) is 21.8 Å². The average Bonchev–Trinajstić information content (AvgIpc) is 2.87. The maximum atomic E-state index is 10.6. The van der Waals surface area contributed by atoms with Gasteiger partial charge in [-0.3, -0.25) is 4.52 Å². The molecular formula is C18H22NO4P. The summed E-state index contributed by atoms with van der Waals surface area (Å²) >= 11 is 0. The van der Waals surface area contributed by atoms with Crippen molar-refractivity contribution < 1.29 is 18.9 Å². The molecule has 0 aliphatic carbocycles. The van der Waals surface area contributed by atoms with Crippen molar-refractivity contribution in [3.05, 3.63) is 48.5 Å². The summed E-state index contributed by atoms with van der Waals surface area (Å²) in [6, 6.07) is 16.9. The third-order valence-corrected chi connectivity index (χ3v) is 4.73. The molecule has 0 unspecified atom stereocenters. The zero-order valence-corrected chi connectivity index (χ0v) is 14.4. The summed E-state index contributed by atoms with van der Waals surface area (Å²) in [5, 5.41) is 2.56. The minimum absolute atomic E-state index is 0.111. The quantitative estimate of drug-likeness (QED) is 0.466. The molecule has 1 heterocycles. The molecule has 2 N–H and O–H groups in total. The van der Waals surface area contributed by atoms with Gasteiger partial charge in [-0.05, 0) is 25.0 Å². The van der Waals surface area contributed by atoms with Crippen LogP contribution in [0.2, 0.25) is 0 Å². The molecule has 0 amide bonds. The number of aromatic nitrogens is 1. The number of hydrogen-bond acceptors (Lipinski definition) is 2. The summed E-state index contributed by atoms with van der Waals surface area (Å²) in [4.78, 5) is 17.3. The Morgan fingerprint density at radius 2 is 1.38 bits per heavy atom. The van der Waals surface area contributed by atoms with Gasteiger partial charge < -0.3 is 14.4 Å². The highest BCUT2D eigenvalue weighted by Crippen LogP contribution is 2.35. The number of nitrogens with zero attached hydrogens (tertiary/aromatic N) is 1. The fraction of sp³-hybridized carbons (Fsp3) is 0.333. The molecule has 0 bridgehead atoms. The Morgan fingerprint density at radius 3 is 1.96 bits per heavy atom. The number of benzene rings is 2. The Hall–Kier alpha value is -1.65. The van der Waals surface area contributed by atoms with Crippen LogP contribution < -0.4 is 0 Å². The van der Waals surface area contributed by atoms with E-state index in [9.17, 15) is 4.57 Å². The molecule has 0 aliphatic heterocycles. The fourth-order valence-electron chi connectivity index (χ4n) is 3.15. The standard InChI is InChI=1S/C18H22NO4P/c20-24(21,22)23-14-8-2-1-7-13-19-17-11-5-3-9-15(17)16-10-4-6-12-18(16)19/h3-6,9-12H,1-2,7-8,13-14H2,(H2,20,21,22). The molecule has 0 saturated heterocycles. The van der Waals surface area contributed by atoms with Gasteiger partial charge in [0, 0.05) is 28.4 Å². The van der Waals surface area contributed by atoms with Gasteiger partial charge in [-0.25, -0.2) is 4.57 Å². The second-order valence-corrected chi connectivity index (χ2v) is 7.16. The summed E-state index contributed by atoms with van der Waals surface area (Å²) < 4.78 is 17.4. The Balaban J connectivity index is 1.60. The van der Waals surface area contributed by atoms with Crippen LogP contribution in [0.1, 0.15) is 25.7 Å². The highest BCUT2D eigenvalue weighted by molar-refractivity contribution is 7.46. The van der Waals surface area contributed by atoms with Crippen molar-refractivity contribution in [3.8, 4) is 0 Å². The van der Waals surface area contributed by atoms with Crippen molar-refractivity contribution in [1.29, 1.82) is 0 Å². The smallest absolute Gasteiger partial charge is 0.340 e. The van der Waals surface area contributed by atoms with Crippen LogP contribution in [0.15, 0.2) is 48.5 Å². The predicted octanol–water partition coefficient (Wildman–Crippen LogP) is 4.46. The van der Waals surface area contributed by atoms with Gasteiger partial charge in [0.1, 0.15) is 0 Å². The molecule has 128 valence electrons.